The van der Waals surface area contributed by atoms with E-state index in [0.29, 0.717) is 0 Å². The van der Waals surface area contributed by atoms with Crippen LogP contribution in [0.5, 0.6) is 0 Å². The van der Waals surface area contributed by atoms with Gasteiger partial charge in [-0.2, -0.15) is 0 Å². The number of thiophene rings is 1. The number of benzene rings is 2. The Morgan fingerprint density at radius 2 is 1.62 bits per heavy atom. The second-order valence-corrected chi connectivity index (χ2v) is 8.15. The van der Waals surface area contributed by atoms with Crippen LogP contribution in [0.4, 0.5) is 15.9 Å². The summed E-state index contributed by atoms with van der Waals surface area (Å²) < 4.78 is 13.4. The monoisotopic (exact) mass is 404 g/mol. The molecule has 1 aliphatic rings. The molecule has 4 aromatic rings. The number of aryl methyl sites for hydroxylation is 1. The third-order valence-corrected chi connectivity index (χ3v) is 6.43. The van der Waals surface area contributed by atoms with Gasteiger partial charge in [0.2, 0.25) is 0 Å². The highest BCUT2D eigenvalue weighted by atomic mass is 32.1. The Kier molecular flexibility index (Phi) is 4.64. The summed E-state index contributed by atoms with van der Waals surface area (Å²) in [5.74, 6) is 0.747. The van der Waals surface area contributed by atoms with Crippen LogP contribution in [0, 0.1) is 12.7 Å². The summed E-state index contributed by atoms with van der Waals surface area (Å²) in [4.78, 5) is 14.9. The Hall–Kier alpha value is -2.99. The quantitative estimate of drug-likeness (QED) is 0.474. The van der Waals surface area contributed by atoms with Crippen LogP contribution in [0.1, 0.15) is 5.56 Å². The summed E-state index contributed by atoms with van der Waals surface area (Å²) in [7, 11) is 0. The normalized spacial score (nSPS) is 14.6. The molecule has 4 nitrogen and oxygen atoms in total. The van der Waals surface area contributed by atoms with E-state index < -0.39 is 0 Å². The lowest BCUT2D eigenvalue weighted by atomic mass is 10.1. The lowest BCUT2D eigenvalue weighted by Crippen LogP contribution is -2.47. The third-order valence-electron chi connectivity index (χ3n) is 5.54. The van der Waals surface area contributed by atoms with E-state index in [-0.39, 0.29) is 5.82 Å². The van der Waals surface area contributed by atoms with Gasteiger partial charge < -0.3 is 9.80 Å². The van der Waals surface area contributed by atoms with Gasteiger partial charge in [0.25, 0.3) is 0 Å². The Morgan fingerprint density at radius 1 is 0.897 bits per heavy atom. The molecule has 0 radical (unpaired) electrons. The van der Waals surface area contributed by atoms with Crippen molar-refractivity contribution in [3.63, 3.8) is 0 Å². The number of hydrogen-bond acceptors (Lipinski definition) is 5. The molecule has 1 aliphatic heterocycles. The number of halogens is 1. The largest absolute Gasteiger partial charge is 0.368 e. The van der Waals surface area contributed by atoms with E-state index in [1.165, 1.54) is 23.4 Å². The van der Waals surface area contributed by atoms with Crippen LogP contribution < -0.4 is 9.80 Å². The van der Waals surface area contributed by atoms with Crippen LogP contribution in [-0.4, -0.2) is 36.1 Å². The first kappa shape index (κ1) is 18.1. The number of aromatic nitrogens is 2. The van der Waals surface area contributed by atoms with Gasteiger partial charge in [-0.1, -0.05) is 30.3 Å². The highest BCUT2D eigenvalue weighted by molar-refractivity contribution is 7.17. The Morgan fingerprint density at radius 3 is 2.38 bits per heavy atom. The van der Waals surface area contributed by atoms with Crippen LogP contribution >= 0.6 is 11.3 Å². The molecule has 0 unspecified atom stereocenters. The highest BCUT2D eigenvalue weighted by Gasteiger charge is 2.23. The summed E-state index contributed by atoms with van der Waals surface area (Å²) in [6, 6.07) is 15.2. The molecule has 0 spiro atoms. The van der Waals surface area contributed by atoms with Crippen molar-refractivity contribution in [2.45, 2.75) is 6.92 Å². The smallest absolute Gasteiger partial charge is 0.141 e. The van der Waals surface area contributed by atoms with Gasteiger partial charge >= 0.3 is 0 Å². The molecule has 5 rings (SSSR count). The van der Waals surface area contributed by atoms with Gasteiger partial charge in [0.1, 0.15) is 22.8 Å². The minimum atomic E-state index is -0.225. The SMILES string of the molecule is Cc1ccccc1N1CCN(c2ncnc3scc(-c4ccc(F)cc4)c23)CC1. The Bertz CT molecular complexity index is 1150. The molecule has 2 aromatic carbocycles. The standard InChI is InChI=1S/C23H21FN4S/c1-16-4-2-3-5-20(16)27-10-12-28(13-11-27)22-21-19(14-29-23(21)26-15-25-22)17-6-8-18(24)9-7-17/h2-9,14-15H,10-13H2,1H3. The van der Waals surface area contributed by atoms with Crippen molar-refractivity contribution in [2.24, 2.45) is 0 Å². The zero-order chi connectivity index (χ0) is 19.8. The van der Waals surface area contributed by atoms with Crippen molar-refractivity contribution in [1.82, 2.24) is 9.97 Å². The molecular formula is C23H21FN4S. The van der Waals surface area contributed by atoms with E-state index in [0.717, 1.165) is 53.3 Å². The van der Waals surface area contributed by atoms with Gasteiger partial charge in [-0.25, -0.2) is 14.4 Å². The van der Waals surface area contributed by atoms with E-state index in [2.05, 4.69) is 56.3 Å². The molecule has 6 heteroatoms. The summed E-state index contributed by atoms with van der Waals surface area (Å²) in [6.07, 6.45) is 1.65. The van der Waals surface area contributed by atoms with Gasteiger partial charge in [0.05, 0.1) is 5.39 Å². The van der Waals surface area contributed by atoms with E-state index in [1.54, 1.807) is 17.7 Å². The molecule has 1 saturated heterocycles. The van der Waals surface area contributed by atoms with Crippen LogP contribution in [0.2, 0.25) is 0 Å². The predicted molar refractivity (Wildman–Crippen MR) is 118 cm³/mol. The van der Waals surface area contributed by atoms with Gasteiger partial charge in [0.15, 0.2) is 0 Å². The summed E-state index contributed by atoms with van der Waals surface area (Å²) in [5, 5.41) is 3.16. The number of hydrogen-bond donors (Lipinski definition) is 0. The molecule has 0 atom stereocenters. The molecule has 0 N–H and O–H groups in total. The van der Waals surface area contributed by atoms with E-state index >= 15 is 0 Å². The van der Waals surface area contributed by atoms with Crippen molar-refractivity contribution < 1.29 is 4.39 Å². The molecule has 2 aromatic heterocycles. The van der Waals surface area contributed by atoms with Crippen molar-refractivity contribution in [3.05, 3.63) is 71.6 Å². The fourth-order valence-corrected chi connectivity index (χ4v) is 4.93. The minimum Gasteiger partial charge on any atom is -0.368 e. The molecule has 1 fully saturated rings. The maximum atomic E-state index is 13.4. The number of nitrogens with zero attached hydrogens (tertiary/aromatic N) is 4. The lowest BCUT2D eigenvalue weighted by molar-refractivity contribution is 0.628. The molecule has 3 heterocycles. The van der Waals surface area contributed by atoms with Crippen LogP contribution in [-0.2, 0) is 0 Å². The third kappa shape index (κ3) is 3.34. The second kappa shape index (κ2) is 7.44. The molecular weight excluding hydrogens is 383 g/mol. The topological polar surface area (TPSA) is 32.3 Å². The van der Waals surface area contributed by atoms with Crippen LogP contribution in [0.25, 0.3) is 21.3 Å². The van der Waals surface area contributed by atoms with Gasteiger partial charge in [0, 0.05) is 42.8 Å². The number of para-hydroxylation sites is 1. The van der Waals surface area contributed by atoms with Crippen molar-refractivity contribution in [2.75, 3.05) is 36.0 Å². The van der Waals surface area contributed by atoms with Gasteiger partial charge in [-0.05, 0) is 36.2 Å². The van der Waals surface area contributed by atoms with E-state index in [1.807, 2.05) is 12.1 Å². The summed E-state index contributed by atoms with van der Waals surface area (Å²) in [6.45, 7) is 5.87. The average molecular weight is 405 g/mol. The first-order valence-corrected chi connectivity index (χ1v) is 10.6. The lowest BCUT2D eigenvalue weighted by Gasteiger charge is -2.37. The van der Waals surface area contributed by atoms with Crippen molar-refractivity contribution in [3.8, 4) is 11.1 Å². The first-order valence-electron chi connectivity index (χ1n) is 9.74. The second-order valence-electron chi connectivity index (χ2n) is 7.29. The summed E-state index contributed by atoms with van der Waals surface area (Å²) in [5.41, 5.74) is 4.68. The average Bonchev–Trinajstić information content (AvgIpc) is 3.19. The van der Waals surface area contributed by atoms with Gasteiger partial charge in [-0.15, -0.1) is 11.3 Å². The number of anilines is 2. The number of rotatable bonds is 3. The van der Waals surface area contributed by atoms with Crippen LogP contribution in [0.15, 0.2) is 60.2 Å². The highest BCUT2D eigenvalue weighted by Crippen LogP contribution is 2.38. The molecule has 0 bridgehead atoms. The fourth-order valence-electron chi connectivity index (χ4n) is 4.02. The van der Waals surface area contributed by atoms with Crippen molar-refractivity contribution in [1.29, 1.82) is 0 Å². The molecule has 146 valence electrons. The Labute approximate surface area is 173 Å². The molecule has 0 saturated carbocycles. The first-order chi connectivity index (χ1) is 14.2. The fraction of sp³-hybridized carbons (Fsp3) is 0.217. The van der Waals surface area contributed by atoms with Crippen molar-refractivity contribution >= 4 is 33.1 Å². The number of fused-ring (bicyclic) bond motifs is 1. The summed E-state index contributed by atoms with van der Waals surface area (Å²) >= 11 is 1.61. The van der Waals surface area contributed by atoms with Crippen LogP contribution in [0.3, 0.4) is 0 Å². The molecule has 0 aliphatic carbocycles. The molecule has 0 amide bonds. The Balaban J connectivity index is 1.46. The minimum absolute atomic E-state index is 0.225. The zero-order valence-corrected chi connectivity index (χ0v) is 17.0. The molecule has 29 heavy (non-hydrogen) atoms. The number of piperazine rings is 1. The van der Waals surface area contributed by atoms with E-state index in [9.17, 15) is 4.39 Å². The maximum absolute atomic E-state index is 13.4. The van der Waals surface area contributed by atoms with Gasteiger partial charge in [-0.3, -0.25) is 0 Å². The zero-order valence-electron chi connectivity index (χ0n) is 16.2. The predicted octanol–water partition coefficient (Wildman–Crippen LogP) is 5.13. The maximum Gasteiger partial charge on any atom is 0.141 e. The van der Waals surface area contributed by atoms with E-state index in [4.69, 9.17) is 0 Å².